The number of rotatable bonds is 3. The van der Waals surface area contributed by atoms with Gasteiger partial charge in [0.15, 0.2) is 0 Å². The van der Waals surface area contributed by atoms with Crippen LogP contribution in [0.4, 0.5) is 4.39 Å². The van der Waals surface area contributed by atoms with Gasteiger partial charge in [-0.25, -0.2) is 4.39 Å². The Morgan fingerprint density at radius 2 is 1.86 bits per heavy atom. The number of imide groups is 1. The molecule has 0 bridgehead atoms. The van der Waals surface area contributed by atoms with E-state index in [9.17, 15) is 18.8 Å². The van der Waals surface area contributed by atoms with Crippen LogP contribution in [0.5, 0.6) is 0 Å². The van der Waals surface area contributed by atoms with Crippen LogP contribution >= 0.6 is 0 Å². The predicted molar refractivity (Wildman–Crippen MR) is 72.2 cm³/mol. The predicted octanol–water partition coefficient (Wildman–Crippen LogP) is 1.43. The van der Waals surface area contributed by atoms with Crippen molar-refractivity contribution in [3.8, 4) is 0 Å². The lowest BCUT2D eigenvalue weighted by Crippen LogP contribution is -2.35. The standard InChI is InChI=1S/C15H15FN2O3/c16-11-5-3-4-10-13(11)15(21)18(14(10)20)9-6-12(19)17-7-1-2-8-17/h3-5H,1-2,6-9H2. The molecule has 1 saturated heterocycles. The van der Waals surface area contributed by atoms with Gasteiger partial charge in [0.25, 0.3) is 11.8 Å². The van der Waals surface area contributed by atoms with E-state index in [2.05, 4.69) is 0 Å². The fourth-order valence-corrected chi connectivity index (χ4v) is 2.83. The zero-order chi connectivity index (χ0) is 15.0. The smallest absolute Gasteiger partial charge is 0.264 e. The first kappa shape index (κ1) is 13.7. The average molecular weight is 290 g/mol. The van der Waals surface area contributed by atoms with Crippen molar-refractivity contribution in [1.29, 1.82) is 0 Å². The third-order valence-electron chi connectivity index (χ3n) is 3.96. The summed E-state index contributed by atoms with van der Waals surface area (Å²) in [4.78, 5) is 38.9. The lowest BCUT2D eigenvalue weighted by molar-refractivity contribution is -0.130. The normalized spacial score (nSPS) is 17.6. The summed E-state index contributed by atoms with van der Waals surface area (Å²) >= 11 is 0. The molecule has 5 nitrogen and oxygen atoms in total. The molecule has 1 aromatic carbocycles. The summed E-state index contributed by atoms with van der Waals surface area (Å²) in [6, 6.07) is 3.99. The van der Waals surface area contributed by atoms with Crippen LogP contribution in [0, 0.1) is 5.82 Å². The zero-order valence-corrected chi connectivity index (χ0v) is 11.5. The molecule has 2 aliphatic heterocycles. The van der Waals surface area contributed by atoms with E-state index in [-0.39, 0.29) is 30.0 Å². The summed E-state index contributed by atoms with van der Waals surface area (Å²) in [5, 5.41) is 0. The molecule has 6 heteroatoms. The number of halogens is 1. The van der Waals surface area contributed by atoms with Gasteiger partial charge in [-0.2, -0.15) is 0 Å². The maximum Gasteiger partial charge on any atom is 0.264 e. The monoisotopic (exact) mass is 290 g/mol. The fraction of sp³-hybridized carbons (Fsp3) is 0.400. The molecular formula is C15H15FN2O3. The number of amides is 3. The number of nitrogens with zero attached hydrogens (tertiary/aromatic N) is 2. The quantitative estimate of drug-likeness (QED) is 0.791. The molecule has 0 aromatic heterocycles. The molecule has 1 aromatic rings. The van der Waals surface area contributed by atoms with E-state index in [4.69, 9.17) is 0 Å². The molecule has 0 saturated carbocycles. The van der Waals surface area contributed by atoms with Gasteiger partial charge in [0.1, 0.15) is 5.82 Å². The van der Waals surface area contributed by atoms with Crippen molar-refractivity contribution in [3.63, 3.8) is 0 Å². The number of carbonyl (C=O) groups excluding carboxylic acids is 3. The van der Waals surface area contributed by atoms with Crippen molar-refractivity contribution in [3.05, 3.63) is 35.1 Å². The number of benzene rings is 1. The topological polar surface area (TPSA) is 57.7 Å². The molecule has 2 heterocycles. The van der Waals surface area contributed by atoms with E-state index in [0.29, 0.717) is 0 Å². The Bertz CT molecular complexity index is 623. The summed E-state index contributed by atoms with van der Waals surface area (Å²) in [7, 11) is 0. The highest BCUT2D eigenvalue weighted by Crippen LogP contribution is 2.25. The Labute approximate surface area is 121 Å². The van der Waals surface area contributed by atoms with Crippen LogP contribution in [0.15, 0.2) is 18.2 Å². The second kappa shape index (κ2) is 5.27. The summed E-state index contributed by atoms with van der Waals surface area (Å²) in [5.41, 5.74) is -0.107. The van der Waals surface area contributed by atoms with Gasteiger partial charge in [-0.05, 0) is 25.0 Å². The lowest BCUT2D eigenvalue weighted by atomic mass is 10.1. The average Bonchev–Trinajstić information content (AvgIpc) is 3.07. The Morgan fingerprint density at radius 3 is 2.52 bits per heavy atom. The summed E-state index contributed by atoms with van der Waals surface area (Å²) < 4.78 is 13.7. The van der Waals surface area contributed by atoms with Gasteiger partial charge in [0.05, 0.1) is 11.1 Å². The Morgan fingerprint density at radius 1 is 1.14 bits per heavy atom. The number of likely N-dealkylation sites (tertiary alicyclic amines) is 1. The van der Waals surface area contributed by atoms with E-state index in [1.807, 2.05) is 0 Å². The van der Waals surface area contributed by atoms with Gasteiger partial charge >= 0.3 is 0 Å². The zero-order valence-electron chi connectivity index (χ0n) is 11.5. The number of hydrogen-bond donors (Lipinski definition) is 0. The Kier molecular flexibility index (Phi) is 3.45. The van der Waals surface area contributed by atoms with Crippen LogP contribution in [-0.2, 0) is 4.79 Å². The molecule has 0 N–H and O–H groups in total. The van der Waals surface area contributed by atoms with Crippen molar-refractivity contribution >= 4 is 17.7 Å². The van der Waals surface area contributed by atoms with Crippen molar-refractivity contribution in [2.24, 2.45) is 0 Å². The number of carbonyl (C=O) groups is 3. The fourth-order valence-electron chi connectivity index (χ4n) is 2.83. The number of hydrogen-bond acceptors (Lipinski definition) is 3. The van der Waals surface area contributed by atoms with Crippen LogP contribution in [-0.4, -0.2) is 47.2 Å². The molecule has 21 heavy (non-hydrogen) atoms. The van der Waals surface area contributed by atoms with Crippen molar-refractivity contribution in [2.45, 2.75) is 19.3 Å². The molecule has 0 radical (unpaired) electrons. The van der Waals surface area contributed by atoms with Crippen LogP contribution in [0.2, 0.25) is 0 Å². The molecule has 0 atom stereocenters. The molecule has 1 fully saturated rings. The van der Waals surface area contributed by atoms with Gasteiger partial charge in [-0.15, -0.1) is 0 Å². The summed E-state index contributed by atoms with van der Waals surface area (Å²) in [5.74, 6) is -1.94. The maximum atomic E-state index is 13.7. The molecule has 0 aliphatic carbocycles. The highest BCUT2D eigenvalue weighted by atomic mass is 19.1. The van der Waals surface area contributed by atoms with E-state index in [0.717, 1.165) is 36.9 Å². The Balaban J connectivity index is 1.70. The van der Waals surface area contributed by atoms with E-state index in [1.165, 1.54) is 12.1 Å². The first-order chi connectivity index (χ1) is 10.1. The molecule has 0 unspecified atom stereocenters. The second-order valence-electron chi connectivity index (χ2n) is 5.26. The van der Waals surface area contributed by atoms with E-state index < -0.39 is 17.6 Å². The largest absolute Gasteiger partial charge is 0.343 e. The lowest BCUT2D eigenvalue weighted by Gasteiger charge is -2.18. The molecule has 2 aliphatic rings. The Hall–Kier alpha value is -2.24. The molecular weight excluding hydrogens is 275 g/mol. The SMILES string of the molecule is O=C(CCN1C(=O)c2cccc(F)c2C1=O)N1CCCC1. The highest BCUT2D eigenvalue weighted by Gasteiger charge is 2.37. The van der Waals surface area contributed by atoms with Crippen molar-refractivity contribution < 1.29 is 18.8 Å². The molecule has 110 valence electrons. The van der Waals surface area contributed by atoms with Crippen molar-refractivity contribution in [2.75, 3.05) is 19.6 Å². The molecule has 3 rings (SSSR count). The van der Waals surface area contributed by atoms with Gasteiger partial charge < -0.3 is 4.90 Å². The third-order valence-corrected chi connectivity index (χ3v) is 3.96. The van der Waals surface area contributed by atoms with Gasteiger partial charge in [0, 0.05) is 26.1 Å². The van der Waals surface area contributed by atoms with Gasteiger partial charge in [-0.3, -0.25) is 19.3 Å². The minimum atomic E-state index is -0.695. The van der Waals surface area contributed by atoms with Crippen LogP contribution < -0.4 is 0 Å². The van der Waals surface area contributed by atoms with Crippen LogP contribution in [0.3, 0.4) is 0 Å². The van der Waals surface area contributed by atoms with Gasteiger partial charge in [-0.1, -0.05) is 6.07 Å². The van der Waals surface area contributed by atoms with Gasteiger partial charge in [0.2, 0.25) is 5.91 Å². The van der Waals surface area contributed by atoms with Crippen LogP contribution in [0.1, 0.15) is 40.0 Å². The van der Waals surface area contributed by atoms with Crippen LogP contribution in [0.25, 0.3) is 0 Å². The maximum absolute atomic E-state index is 13.7. The number of fused-ring (bicyclic) bond motifs is 1. The van der Waals surface area contributed by atoms with E-state index in [1.54, 1.807) is 4.90 Å². The second-order valence-corrected chi connectivity index (χ2v) is 5.26. The highest BCUT2D eigenvalue weighted by molar-refractivity contribution is 6.21. The molecule has 3 amide bonds. The third kappa shape index (κ3) is 2.30. The minimum Gasteiger partial charge on any atom is -0.343 e. The first-order valence-corrected chi connectivity index (χ1v) is 7.02. The van der Waals surface area contributed by atoms with E-state index >= 15 is 0 Å². The summed E-state index contributed by atoms with van der Waals surface area (Å²) in [6.45, 7) is 1.46. The van der Waals surface area contributed by atoms with Crippen molar-refractivity contribution in [1.82, 2.24) is 9.80 Å². The minimum absolute atomic E-state index is 0.00111. The molecule has 0 spiro atoms. The first-order valence-electron chi connectivity index (χ1n) is 7.02. The summed E-state index contributed by atoms with van der Waals surface area (Å²) in [6.07, 6.45) is 2.07.